The molecule has 1 saturated heterocycles. The van der Waals surface area contributed by atoms with Gasteiger partial charge in [-0.2, -0.15) is 5.10 Å². The molecule has 29 heavy (non-hydrogen) atoms. The zero-order valence-electron chi connectivity index (χ0n) is 18.3. The van der Waals surface area contributed by atoms with Gasteiger partial charge in [-0.25, -0.2) is 0 Å². The van der Waals surface area contributed by atoms with Crippen molar-refractivity contribution in [3.63, 3.8) is 0 Å². The van der Waals surface area contributed by atoms with E-state index in [9.17, 15) is 0 Å². The fraction of sp³-hybridized carbons (Fsp3) is 0.545. The molecule has 0 saturated carbocycles. The van der Waals surface area contributed by atoms with Crippen molar-refractivity contribution >= 4 is 23.2 Å². The lowest BCUT2D eigenvalue weighted by atomic mass is 10.1. The van der Waals surface area contributed by atoms with Crippen molar-refractivity contribution in [3.8, 4) is 0 Å². The molecule has 0 atom stereocenters. The molecule has 3 rings (SSSR count). The summed E-state index contributed by atoms with van der Waals surface area (Å²) in [5.41, 5.74) is 6.16. The Balaban J connectivity index is 1.63. The van der Waals surface area contributed by atoms with E-state index in [-0.39, 0.29) is 0 Å². The van der Waals surface area contributed by atoms with E-state index in [1.807, 2.05) is 17.8 Å². The maximum Gasteiger partial charge on any atom is 0.194 e. The number of halogens is 1. The van der Waals surface area contributed by atoms with Crippen molar-refractivity contribution in [2.75, 3.05) is 44.2 Å². The van der Waals surface area contributed by atoms with Gasteiger partial charge in [0.25, 0.3) is 0 Å². The Morgan fingerprint density at radius 1 is 1.17 bits per heavy atom. The second-order valence-electron chi connectivity index (χ2n) is 7.66. The molecule has 0 bridgehead atoms. The van der Waals surface area contributed by atoms with E-state index in [0.29, 0.717) is 0 Å². The summed E-state index contributed by atoms with van der Waals surface area (Å²) in [6.07, 6.45) is 0.919. The van der Waals surface area contributed by atoms with Crippen LogP contribution in [0.1, 0.15) is 29.4 Å². The highest BCUT2D eigenvalue weighted by Gasteiger charge is 2.21. The smallest absolute Gasteiger partial charge is 0.194 e. The van der Waals surface area contributed by atoms with Crippen LogP contribution in [-0.2, 0) is 13.5 Å². The Morgan fingerprint density at radius 2 is 1.90 bits per heavy atom. The van der Waals surface area contributed by atoms with Crippen LogP contribution in [0.4, 0.5) is 5.69 Å². The summed E-state index contributed by atoms with van der Waals surface area (Å²) < 4.78 is 1.95. The molecule has 1 fully saturated rings. The van der Waals surface area contributed by atoms with Gasteiger partial charge in [-0.05, 0) is 57.4 Å². The highest BCUT2D eigenvalue weighted by Crippen LogP contribution is 2.25. The van der Waals surface area contributed by atoms with Crippen LogP contribution < -0.4 is 10.2 Å². The standard InChI is InChI=1S/C22H33ClN6/c1-6-24-22(25-10-9-20-17(3)26-27(5)18(20)4)29-13-11-28(12-14-29)21-15-19(23)8-7-16(21)2/h7-8,15H,6,9-14H2,1-5H3,(H,24,25). The molecule has 2 aromatic rings. The number of guanidine groups is 1. The number of nitrogens with zero attached hydrogens (tertiary/aromatic N) is 5. The van der Waals surface area contributed by atoms with E-state index in [4.69, 9.17) is 16.6 Å². The number of piperazine rings is 1. The first-order valence-corrected chi connectivity index (χ1v) is 10.8. The van der Waals surface area contributed by atoms with Gasteiger partial charge < -0.3 is 15.1 Å². The van der Waals surface area contributed by atoms with Crippen molar-refractivity contribution in [2.24, 2.45) is 12.0 Å². The van der Waals surface area contributed by atoms with Gasteiger partial charge in [-0.1, -0.05) is 17.7 Å². The van der Waals surface area contributed by atoms with Gasteiger partial charge in [0.1, 0.15) is 0 Å². The Labute approximate surface area is 179 Å². The minimum atomic E-state index is 0.767. The van der Waals surface area contributed by atoms with Gasteiger partial charge in [0.15, 0.2) is 5.96 Å². The average molecular weight is 417 g/mol. The van der Waals surface area contributed by atoms with Crippen LogP contribution in [0.5, 0.6) is 0 Å². The first-order valence-electron chi connectivity index (χ1n) is 10.4. The molecular weight excluding hydrogens is 384 g/mol. The largest absolute Gasteiger partial charge is 0.368 e. The predicted molar refractivity (Wildman–Crippen MR) is 122 cm³/mol. The summed E-state index contributed by atoms with van der Waals surface area (Å²) in [5.74, 6) is 1.01. The number of hydrogen-bond acceptors (Lipinski definition) is 3. The highest BCUT2D eigenvalue weighted by atomic mass is 35.5. The number of hydrogen-bond donors (Lipinski definition) is 1. The number of anilines is 1. The van der Waals surface area contributed by atoms with Crippen LogP contribution in [0.3, 0.4) is 0 Å². The zero-order chi connectivity index (χ0) is 21.0. The van der Waals surface area contributed by atoms with Crippen LogP contribution in [0.25, 0.3) is 0 Å². The van der Waals surface area contributed by atoms with Crippen molar-refractivity contribution in [2.45, 2.75) is 34.1 Å². The van der Waals surface area contributed by atoms with Crippen LogP contribution in [0.15, 0.2) is 23.2 Å². The van der Waals surface area contributed by atoms with Crippen LogP contribution >= 0.6 is 11.6 Å². The third-order valence-corrected chi connectivity index (χ3v) is 5.94. The number of aryl methyl sites for hydroxylation is 3. The first-order chi connectivity index (χ1) is 13.9. The van der Waals surface area contributed by atoms with Gasteiger partial charge in [0, 0.05) is 62.7 Å². The van der Waals surface area contributed by atoms with Crippen LogP contribution in [0, 0.1) is 20.8 Å². The van der Waals surface area contributed by atoms with Crippen molar-refractivity contribution in [1.82, 2.24) is 20.0 Å². The molecule has 6 nitrogen and oxygen atoms in total. The SMILES string of the molecule is CCNC(=NCCc1c(C)nn(C)c1C)N1CCN(c2cc(Cl)ccc2C)CC1. The summed E-state index contributed by atoms with van der Waals surface area (Å²) in [5, 5.41) is 8.77. The quantitative estimate of drug-likeness (QED) is 0.600. The van der Waals surface area contributed by atoms with Crippen molar-refractivity contribution < 1.29 is 0 Å². The minimum Gasteiger partial charge on any atom is -0.368 e. The normalized spacial score (nSPS) is 15.2. The van der Waals surface area contributed by atoms with E-state index in [1.165, 1.54) is 22.5 Å². The van der Waals surface area contributed by atoms with Gasteiger partial charge in [-0.3, -0.25) is 9.67 Å². The second-order valence-corrected chi connectivity index (χ2v) is 8.10. The van der Waals surface area contributed by atoms with E-state index in [2.05, 4.69) is 60.0 Å². The van der Waals surface area contributed by atoms with Crippen molar-refractivity contribution in [3.05, 3.63) is 45.7 Å². The molecule has 1 aliphatic rings. The third kappa shape index (κ3) is 5.04. The van der Waals surface area contributed by atoms with Crippen LogP contribution in [0.2, 0.25) is 5.02 Å². The Morgan fingerprint density at radius 3 is 2.52 bits per heavy atom. The van der Waals surface area contributed by atoms with E-state index in [0.717, 1.165) is 62.4 Å². The summed E-state index contributed by atoms with van der Waals surface area (Å²) in [4.78, 5) is 9.69. The molecule has 0 radical (unpaired) electrons. The number of benzene rings is 1. The maximum absolute atomic E-state index is 6.22. The molecule has 1 N–H and O–H groups in total. The van der Waals surface area contributed by atoms with Gasteiger partial charge in [0.2, 0.25) is 0 Å². The molecule has 158 valence electrons. The summed E-state index contributed by atoms with van der Waals surface area (Å²) in [6, 6.07) is 6.13. The van der Waals surface area contributed by atoms with E-state index < -0.39 is 0 Å². The molecule has 0 amide bonds. The number of nitrogens with one attached hydrogen (secondary N) is 1. The topological polar surface area (TPSA) is 48.7 Å². The minimum absolute atomic E-state index is 0.767. The number of rotatable bonds is 5. The highest BCUT2D eigenvalue weighted by molar-refractivity contribution is 6.30. The predicted octanol–water partition coefficient (Wildman–Crippen LogP) is 3.33. The lowest BCUT2D eigenvalue weighted by Gasteiger charge is -2.38. The summed E-state index contributed by atoms with van der Waals surface area (Å²) >= 11 is 6.22. The van der Waals surface area contributed by atoms with E-state index >= 15 is 0 Å². The number of aromatic nitrogens is 2. The van der Waals surface area contributed by atoms with Gasteiger partial charge in [0.05, 0.1) is 5.69 Å². The van der Waals surface area contributed by atoms with Gasteiger partial charge >= 0.3 is 0 Å². The zero-order valence-corrected chi connectivity index (χ0v) is 19.1. The summed E-state index contributed by atoms with van der Waals surface area (Å²) in [6.45, 7) is 13.9. The Hall–Kier alpha value is -2.21. The maximum atomic E-state index is 6.22. The third-order valence-electron chi connectivity index (χ3n) is 5.71. The molecule has 1 aromatic carbocycles. The van der Waals surface area contributed by atoms with Gasteiger partial charge in [-0.15, -0.1) is 0 Å². The first kappa shape index (κ1) is 21.5. The molecule has 1 aromatic heterocycles. The molecular formula is C22H33ClN6. The van der Waals surface area contributed by atoms with Crippen molar-refractivity contribution in [1.29, 1.82) is 0 Å². The average Bonchev–Trinajstić information content (AvgIpc) is 2.95. The Bertz CT molecular complexity index is 864. The fourth-order valence-corrected chi connectivity index (χ4v) is 4.13. The van der Waals surface area contributed by atoms with E-state index in [1.54, 1.807) is 0 Å². The van der Waals surface area contributed by atoms with Crippen LogP contribution in [-0.4, -0.2) is 59.9 Å². The lowest BCUT2D eigenvalue weighted by Crippen LogP contribution is -2.52. The summed E-state index contributed by atoms with van der Waals surface area (Å²) in [7, 11) is 2.00. The Kier molecular flexibility index (Phi) is 7.06. The molecule has 7 heteroatoms. The number of aliphatic imine (C=N–C) groups is 1. The lowest BCUT2D eigenvalue weighted by molar-refractivity contribution is 0.372. The molecule has 1 aliphatic heterocycles. The monoisotopic (exact) mass is 416 g/mol. The molecule has 0 unspecified atom stereocenters. The molecule has 0 aliphatic carbocycles. The fourth-order valence-electron chi connectivity index (χ4n) is 3.96. The second kappa shape index (κ2) is 9.53. The molecule has 0 spiro atoms. The molecule has 2 heterocycles.